The van der Waals surface area contributed by atoms with Gasteiger partial charge in [0.25, 0.3) is 11.7 Å². The minimum Gasteiger partial charge on any atom is -0.349 e. The summed E-state index contributed by atoms with van der Waals surface area (Å²) in [4.78, 5) is 31.7. The van der Waals surface area contributed by atoms with Gasteiger partial charge in [-0.25, -0.2) is 9.67 Å². The summed E-state index contributed by atoms with van der Waals surface area (Å²) < 4.78 is 40.0. The molecule has 0 aliphatic heterocycles. The topological polar surface area (TPSA) is 120 Å². The van der Waals surface area contributed by atoms with Gasteiger partial charge in [0.2, 0.25) is 0 Å². The molecule has 0 saturated heterocycles. The van der Waals surface area contributed by atoms with Crippen LogP contribution in [0.2, 0.25) is 10.0 Å². The second-order valence-electron chi connectivity index (χ2n) is 9.33. The summed E-state index contributed by atoms with van der Waals surface area (Å²) in [6, 6.07) is 7.81. The van der Waals surface area contributed by atoms with Gasteiger partial charge in [-0.2, -0.15) is 23.1 Å². The Hall–Kier alpha value is -3.84. The molecule has 1 amide bonds. The van der Waals surface area contributed by atoms with Gasteiger partial charge in [0, 0.05) is 29.2 Å². The SMILES string of the molecule is Cc1cc(Cl)cc(C(=O)NC2CCC2)c1CC(=O)c1cc(Cn2nnc(C(F)(F)F)n2)nn1-c1ncccc1Cl. The molecule has 0 spiro atoms. The van der Waals surface area contributed by atoms with E-state index in [0.29, 0.717) is 21.7 Å². The number of ketones is 1. The number of pyridine rings is 1. The highest BCUT2D eigenvalue weighted by Gasteiger charge is 2.37. The predicted molar refractivity (Wildman–Crippen MR) is 138 cm³/mol. The normalized spacial score (nSPS) is 13.8. The number of nitrogens with one attached hydrogen (secondary N) is 1. The number of carbonyl (C=O) groups is 2. The molecule has 1 aliphatic rings. The van der Waals surface area contributed by atoms with Gasteiger partial charge in [-0.1, -0.05) is 23.2 Å². The van der Waals surface area contributed by atoms with Crippen molar-refractivity contribution in [3.8, 4) is 5.82 Å². The predicted octanol–water partition coefficient (Wildman–Crippen LogP) is 4.64. The fourth-order valence-electron chi connectivity index (χ4n) is 4.25. The number of tetrazole rings is 1. The summed E-state index contributed by atoms with van der Waals surface area (Å²) in [6.07, 6.45) is -0.688. The van der Waals surface area contributed by atoms with E-state index in [1.165, 1.54) is 23.0 Å². The second-order valence-corrected chi connectivity index (χ2v) is 10.2. The van der Waals surface area contributed by atoms with Crippen LogP contribution in [0, 0.1) is 6.92 Å². The van der Waals surface area contributed by atoms with Crippen LogP contribution in [-0.2, 0) is 19.1 Å². The molecule has 40 heavy (non-hydrogen) atoms. The quantitative estimate of drug-likeness (QED) is 0.296. The molecule has 15 heteroatoms. The van der Waals surface area contributed by atoms with Gasteiger partial charge in [-0.15, -0.1) is 10.2 Å². The number of aromatic nitrogens is 7. The van der Waals surface area contributed by atoms with E-state index in [4.69, 9.17) is 23.2 Å². The number of nitrogens with zero attached hydrogens (tertiary/aromatic N) is 7. The van der Waals surface area contributed by atoms with E-state index in [1.807, 2.05) is 0 Å². The van der Waals surface area contributed by atoms with Crippen LogP contribution in [0.5, 0.6) is 0 Å². The van der Waals surface area contributed by atoms with Crippen LogP contribution < -0.4 is 5.32 Å². The van der Waals surface area contributed by atoms with E-state index in [2.05, 4.69) is 30.8 Å². The van der Waals surface area contributed by atoms with Gasteiger partial charge in [-0.05, 0) is 72.9 Å². The Bertz CT molecular complexity index is 1600. The maximum absolute atomic E-state index is 13.7. The number of amides is 1. The molecular weight excluding hydrogens is 572 g/mol. The molecule has 1 saturated carbocycles. The smallest absolute Gasteiger partial charge is 0.349 e. The lowest BCUT2D eigenvalue weighted by Crippen LogP contribution is -2.40. The summed E-state index contributed by atoms with van der Waals surface area (Å²) in [5.41, 5.74) is 1.63. The van der Waals surface area contributed by atoms with Crippen molar-refractivity contribution in [2.24, 2.45) is 0 Å². The molecule has 1 aliphatic carbocycles. The van der Waals surface area contributed by atoms with Crippen molar-refractivity contribution >= 4 is 34.9 Å². The third-order valence-electron chi connectivity index (χ3n) is 6.46. The van der Waals surface area contributed by atoms with Crippen LogP contribution in [0.1, 0.15) is 62.8 Å². The zero-order valence-electron chi connectivity index (χ0n) is 20.9. The molecule has 3 aromatic heterocycles. The maximum Gasteiger partial charge on any atom is 0.455 e. The fourth-order valence-corrected chi connectivity index (χ4v) is 4.72. The number of Topliss-reactive ketones (excluding diaryl/α,β-unsaturated/α-hetero) is 1. The molecule has 4 aromatic rings. The van der Waals surface area contributed by atoms with Gasteiger partial charge in [0.05, 0.1) is 10.7 Å². The Balaban J connectivity index is 1.50. The van der Waals surface area contributed by atoms with Crippen molar-refractivity contribution in [1.29, 1.82) is 0 Å². The first-order chi connectivity index (χ1) is 19.0. The van der Waals surface area contributed by atoms with E-state index in [-0.39, 0.29) is 47.1 Å². The van der Waals surface area contributed by atoms with Gasteiger partial charge in [0.15, 0.2) is 11.6 Å². The molecule has 0 radical (unpaired) electrons. The Morgan fingerprint density at radius 3 is 2.58 bits per heavy atom. The highest BCUT2D eigenvalue weighted by atomic mass is 35.5. The molecule has 0 bridgehead atoms. The molecule has 5 rings (SSSR count). The molecule has 0 atom stereocenters. The van der Waals surface area contributed by atoms with Crippen LogP contribution >= 0.6 is 23.2 Å². The van der Waals surface area contributed by atoms with Crippen LogP contribution in [0.4, 0.5) is 13.2 Å². The van der Waals surface area contributed by atoms with Crippen molar-refractivity contribution in [3.05, 3.63) is 80.5 Å². The zero-order valence-corrected chi connectivity index (χ0v) is 22.4. The number of carbonyl (C=O) groups excluding carboxylic acids is 2. The standard InChI is InChI=1S/C25H21Cl2F3N8O2/c1-13-8-14(26)9-18(23(40)32-15-4-2-5-15)17(13)11-21(39)20-10-16(12-37-35-24(33-36-37)25(28,29)30)34-38(20)22-19(27)6-3-7-31-22/h3,6-10,15H,2,4-5,11-12H2,1H3,(H,32,40). The van der Waals surface area contributed by atoms with Crippen LogP contribution in [0.15, 0.2) is 36.5 Å². The summed E-state index contributed by atoms with van der Waals surface area (Å²) in [6.45, 7) is 1.44. The van der Waals surface area contributed by atoms with Crippen molar-refractivity contribution in [2.75, 3.05) is 0 Å². The van der Waals surface area contributed by atoms with Crippen LogP contribution in [0.3, 0.4) is 0 Å². The lowest BCUT2D eigenvalue weighted by atomic mass is 9.91. The number of aryl methyl sites for hydroxylation is 1. The second kappa shape index (κ2) is 11.0. The van der Waals surface area contributed by atoms with E-state index in [1.54, 1.807) is 25.1 Å². The first-order valence-electron chi connectivity index (χ1n) is 12.2. The highest BCUT2D eigenvalue weighted by molar-refractivity contribution is 6.32. The summed E-state index contributed by atoms with van der Waals surface area (Å²) in [5.74, 6) is -2.03. The minimum absolute atomic E-state index is 0.0476. The largest absolute Gasteiger partial charge is 0.455 e. The molecular formula is C25H21Cl2F3N8O2. The number of halogens is 5. The average Bonchev–Trinajstić information content (AvgIpc) is 3.51. The lowest BCUT2D eigenvalue weighted by Gasteiger charge is -2.27. The highest BCUT2D eigenvalue weighted by Crippen LogP contribution is 2.27. The molecule has 1 N–H and O–H groups in total. The van der Waals surface area contributed by atoms with E-state index in [0.717, 1.165) is 24.1 Å². The molecule has 1 aromatic carbocycles. The monoisotopic (exact) mass is 592 g/mol. The van der Waals surface area contributed by atoms with Gasteiger partial charge in [-0.3, -0.25) is 9.59 Å². The van der Waals surface area contributed by atoms with E-state index >= 15 is 0 Å². The molecule has 1 fully saturated rings. The zero-order chi connectivity index (χ0) is 28.6. The van der Waals surface area contributed by atoms with Crippen molar-refractivity contribution in [3.63, 3.8) is 0 Å². The fraction of sp³-hybridized carbons (Fsp3) is 0.320. The van der Waals surface area contributed by atoms with E-state index < -0.39 is 17.8 Å². The van der Waals surface area contributed by atoms with Crippen LogP contribution in [0.25, 0.3) is 5.82 Å². The molecule has 10 nitrogen and oxygen atoms in total. The van der Waals surface area contributed by atoms with Gasteiger partial charge >= 0.3 is 6.18 Å². The third-order valence-corrected chi connectivity index (χ3v) is 6.97. The minimum atomic E-state index is -4.76. The lowest BCUT2D eigenvalue weighted by molar-refractivity contribution is -0.145. The Morgan fingerprint density at radius 1 is 1.15 bits per heavy atom. The van der Waals surface area contributed by atoms with Gasteiger partial charge in [0.1, 0.15) is 12.2 Å². The number of alkyl halides is 3. The molecule has 3 heterocycles. The van der Waals surface area contributed by atoms with Crippen molar-refractivity contribution in [2.45, 2.75) is 51.4 Å². The number of rotatable bonds is 8. The summed E-state index contributed by atoms with van der Waals surface area (Å²) in [7, 11) is 0. The number of benzene rings is 1. The first kappa shape index (κ1) is 27.7. The van der Waals surface area contributed by atoms with E-state index in [9.17, 15) is 22.8 Å². The number of hydrogen-bond donors (Lipinski definition) is 1. The third kappa shape index (κ3) is 5.85. The Morgan fingerprint density at radius 2 is 1.93 bits per heavy atom. The van der Waals surface area contributed by atoms with Crippen molar-refractivity contribution in [1.82, 2.24) is 40.3 Å². The van der Waals surface area contributed by atoms with Gasteiger partial charge < -0.3 is 5.32 Å². The average molecular weight is 593 g/mol. The summed E-state index contributed by atoms with van der Waals surface area (Å²) in [5, 5.41) is 17.7. The summed E-state index contributed by atoms with van der Waals surface area (Å²) >= 11 is 12.6. The molecule has 208 valence electrons. The van der Waals surface area contributed by atoms with Crippen LogP contribution in [-0.4, -0.2) is 52.7 Å². The van der Waals surface area contributed by atoms with Crippen molar-refractivity contribution < 1.29 is 22.8 Å². The molecule has 0 unspecified atom stereocenters. The maximum atomic E-state index is 13.7. The number of hydrogen-bond acceptors (Lipinski definition) is 7. The first-order valence-corrected chi connectivity index (χ1v) is 12.9. The Kier molecular flexibility index (Phi) is 7.60. The Labute approximate surface area is 235 Å².